The van der Waals surface area contributed by atoms with Crippen LogP contribution in [0.3, 0.4) is 0 Å². The Balaban J connectivity index is 1.74. The molecule has 3 rings (SSSR count). The lowest BCUT2D eigenvalue weighted by atomic mass is 10.3. The maximum Gasteiger partial charge on any atom is 0.248 e. The first kappa shape index (κ1) is 23.0. The molecule has 1 amide bonds. The summed E-state index contributed by atoms with van der Waals surface area (Å²) in [5, 5.41) is 0.615. The SMILES string of the molecule is CSCCn1c(=NC(=O)CCCS(=O)(=O)c2ccc(F)cc2)sc2cc(Cl)ccc21. The molecule has 0 saturated carbocycles. The van der Waals surface area contributed by atoms with Gasteiger partial charge in [-0.15, -0.1) is 0 Å². The van der Waals surface area contributed by atoms with Crippen molar-refractivity contribution in [2.45, 2.75) is 24.3 Å². The summed E-state index contributed by atoms with van der Waals surface area (Å²) in [4.78, 5) is 17.3. The zero-order valence-electron chi connectivity index (χ0n) is 16.2. The Labute approximate surface area is 187 Å². The van der Waals surface area contributed by atoms with E-state index in [1.165, 1.54) is 23.5 Å². The molecule has 0 fully saturated rings. The van der Waals surface area contributed by atoms with Crippen molar-refractivity contribution in [3.8, 4) is 0 Å². The minimum absolute atomic E-state index is 0.0119. The quantitative estimate of drug-likeness (QED) is 0.438. The summed E-state index contributed by atoms with van der Waals surface area (Å²) in [7, 11) is -3.57. The second-order valence-electron chi connectivity index (χ2n) is 6.52. The van der Waals surface area contributed by atoms with Gasteiger partial charge in [0.2, 0.25) is 5.91 Å². The molecule has 0 bridgehead atoms. The Morgan fingerprint density at radius 3 is 2.67 bits per heavy atom. The summed E-state index contributed by atoms with van der Waals surface area (Å²) in [5.41, 5.74) is 0.962. The Morgan fingerprint density at radius 1 is 1.23 bits per heavy atom. The second-order valence-corrected chi connectivity index (χ2v) is 11.1. The van der Waals surface area contributed by atoms with Gasteiger partial charge in [-0.3, -0.25) is 4.79 Å². The second kappa shape index (κ2) is 10.1. The number of amides is 1. The average Bonchev–Trinajstić information content (AvgIpc) is 3.02. The average molecular weight is 487 g/mol. The van der Waals surface area contributed by atoms with Gasteiger partial charge in [0.15, 0.2) is 14.6 Å². The van der Waals surface area contributed by atoms with Gasteiger partial charge in [0, 0.05) is 23.7 Å². The van der Waals surface area contributed by atoms with Crippen molar-refractivity contribution in [1.29, 1.82) is 0 Å². The highest BCUT2D eigenvalue weighted by Crippen LogP contribution is 2.22. The van der Waals surface area contributed by atoms with E-state index in [0.29, 0.717) is 16.4 Å². The van der Waals surface area contributed by atoms with E-state index in [2.05, 4.69) is 4.99 Å². The topological polar surface area (TPSA) is 68.5 Å². The third kappa shape index (κ3) is 5.72. The molecule has 160 valence electrons. The molecule has 2 aromatic carbocycles. The highest BCUT2D eigenvalue weighted by Gasteiger charge is 2.15. The number of hydrogen-bond acceptors (Lipinski definition) is 5. The van der Waals surface area contributed by atoms with E-state index < -0.39 is 15.7 Å². The third-order valence-electron chi connectivity index (χ3n) is 4.36. The first-order chi connectivity index (χ1) is 14.3. The van der Waals surface area contributed by atoms with E-state index in [1.807, 2.05) is 23.0 Å². The molecule has 1 heterocycles. The van der Waals surface area contributed by atoms with Gasteiger partial charge in [-0.2, -0.15) is 16.8 Å². The van der Waals surface area contributed by atoms with Crippen molar-refractivity contribution in [2.24, 2.45) is 4.99 Å². The smallest absolute Gasteiger partial charge is 0.248 e. The molecule has 0 aliphatic heterocycles. The first-order valence-corrected chi connectivity index (χ1v) is 13.4. The minimum Gasteiger partial charge on any atom is -0.316 e. The fourth-order valence-electron chi connectivity index (χ4n) is 2.87. The number of carbonyl (C=O) groups is 1. The number of hydrogen-bond donors (Lipinski definition) is 0. The number of fused-ring (bicyclic) bond motifs is 1. The highest BCUT2D eigenvalue weighted by atomic mass is 35.5. The molecular weight excluding hydrogens is 467 g/mol. The Morgan fingerprint density at radius 2 is 1.97 bits per heavy atom. The van der Waals surface area contributed by atoms with Crippen molar-refractivity contribution < 1.29 is 17.6 Å². The number of aryl methyl sites for hydroxylation is 1. The standard InChI is InChI=1S/C20H20ClFN2O3S3/c1-28-11-10-24-17-9-4-14(21)13-18(17)29-20(24)23-19(25)3-2-12-30(26,27)16-7-5-15(22)6-8-16/h4-9,13H,2-3,10-12H2,1H3. The van der Waals surface area contributed by atoms with Crippen LogP contribution >= 0.6 is 34.7 Å². The summed E-state index contributed by atoms with van der Waals surface area (Å²) in [6.45, 7) is 0.702. The number of sulfone groups is 1. The zero-order chi connectivity index (χ0) is 21.7. The largest absolute Gasteiger partial charge is 0.316 e. The number of aromatic nitrogens is 1. The van der Waals surface area contributed by atoms with E-state index >= 15 is 0 Å². The summed E-state index contributed by atoms with van der Waals surface area (Å²) >= 11 is 9.16. The van der Waals surface area contributed by atoms with E-state index in [1.54, 1.807) is 17.8 Å². The highest BCUT2D eigenvalue weighted by molar-refractivity contribution is 7.98. The van der Waals surface area contributed by atoms with E-state index in [9.17, 15) is 17.6 Å². The molecule has 0 N–H and O–H groups in total. The molecule has 3 aromatic rings. The van der Waals surface area contributed by atoms with E-state index in [0.717, 1.165) is 28.1 Å². The van der Waals surface area contributed by atoms with Crippen LogP contribution in [0.15, 0.2) is 52.4 Å². The predicted octanol–water partition coefficient (Wildman–Crippen LogP) is 4.54. The van der Waals surface area contributed by atoms with Crippen molar-refractivity contribution >= 4 is 60.7 Å². The molecular formula is C20H20ClFN2O3S3. The Hall–Kier alpha value is -1.68. The predicted molar refractivity (Wildman–Crippen MR) is 121 cm³/mol. The lowest BCUT2D eigenvalue weighted by Gasteiger charge is -2.04. The molecule has 30 heavy (non-hydrogen) atoms. The van der Waals surface area contributed by atoms with Crippen LogP contribution in [0, 0.1) is 5.82 Å². The summed E-state index contributed by atoms with van der Waals surface area (Å²) in [6, 6.07) is 10.2. The number of rotatable bonds is 8. The molecule has 0 atom stereocenters. The summed E-state index contributed by atoms with van der Waals surface area (Å²) in [5.74, 6) is -0.206. The molecule has 0 radical (unpaired) electrons. The van der Waals surface area contributed by atoms with Gasteiger partial charge < -0.3 is 4.57 Å². The number of benzene rings is 2. The molecule has 0 spiro atoms. The van der Waals surface area contributed by atoms with Gasteiger partial charge in [-0.05, 0) is 55.1 Å². The van der Waals surface area contributed by atoms with Gasteiger partial charge in [-0.1, -0.05) is 22.9 Å². The number of halogens is 2. The minimum atomic E-state index is -3.57. The van der Waals surface area contributed by atoms with Gasteiger partial charge in [0.1, 0.15) is 5.82 Å². The van der Waals surface area contributed by atoms with Crippen molar-refractivity contribution in [3.05, 3.63) is 58.1 Å². The monoisotopic (exact) mass is 486 g/mol. The van der Waals surface area contributed by atoms with Crippen molar-refractivity contribution in [3.63, 3.8) is 0 Å². The first-order valence-electron chi connectivity index (χ1n) is 9.14. The molecule has 5 nitrogen and oxygen atoms in total. The van der Waals surface area contributed by atoms with E-state index in [4.69, 9.17) is 11.6 Å². The third-order valence-corrected chi connectivity index (χ3v) is 8.04. The van der Waals surface area contributed by atoms with Crippen LogP contribution < -0.4 is 4.80 Å². The lowest BCUT2D eigenvalue weighted by molar-refractivity contribution is -0.118. The van der Waals surface area contributed by atoms with Crippen LogP contribution in [-0.2, 0) is 21.2 Å². The van der Waals surface area contributed by atoms with Crippen LogP contribution in [0.25, 0.3) is 10.2 Å². The number of carbonyl (C=O) groups excluding carboxylic acids is 1. The zero-order valence-corrected chi connectivity index (χ0v) is 19.4. The van der Waals surface area contributed by atoms with Crippen LogP contribution in [0.1, 0.15) is 12.8 Å². The van der Waals surface area contributed by atoms with Gasteiger partial charge >= 0.3 is 0 Å². The maximum atomic E-state index is 13.0. The fraction of sp³-hybridized carbons (Fsp3) is 0.300. The van der Waals surface area contributed by atoms with E-state index in [-0.39, 0.29) is 29.4 Å². The Kier molecular flexibility index (Phi) is 7.73. The summed E-state index contributed by atoms with van der Waals surface area (Å²) in [6.07, 6.45) is 2.16. The molecule has 0 saturated heterocycles. The lowest BCUT2D eigenvalue weighted by Crippen LogP contribution is -2.18. The molecule has 10 heteroatoms. The van der Waals surface area contributed by atoms with Crippen LogP contribution in [-0.4, -0.2) is 36.7 Å². The molecule has 0 unspecified atom stereocenters. The number of thiazole rings is 1. The molecule has 0 aliphatic carbocycles. The van der Waals surface area contributed by atoms with Gasteiger partial charge in [-0.25, -0.2) is 12.8 Å². The van der Waals surface area contributed by atoms with Crippen molar-refractivity contribution in [1.82, 2.24) is 4.57 Å². The van der Waals surface area contributed by atoms with Gasteiger partial charge in [0.25, 0.3) is 0 Å². The van der Waals surface area contributed by atoms with Crippen LogP contribution in [0.5, 0.6) is 0 Å². The van der Waals surface area contributed by atoms with Crippen LogP contribution in [0.4, 0.5) is 4.39 Å². The van der Waals surface area contributed by atoms with Crippen LogP contribution in [0.2, 0.25) is 5.02 Å². The Bertz CT molecular complexity index is 1220. The number of nitrogens with zero attached hydrogens (tertiary/aromatic N) is 2. The van der Waals surface area contributed by atoms with Gasteiger partial charge in [0.05, 0.1) is 20.9 Å². The fourth-order valence-corrected chi connectivity index (χ4v) is 5.89. The van der Waals surface area contributed by atoms with Crippen molar-refractivity contribution in [2.75, 3.05) is 17.8 Å². The summed E-state index contributed by atoms with van der Waals surface area (Å²) < 4.78 is 40.6. The maximum absolute atomic E-state index is 13.0. The normalized spacial score (nSPS) is 12.6. The number of thioether (sulfide) groups is 1. The molecule has 1 aromatic heterocycles. The molecule has 0 aliphatic rings.